The van der Waals surface area contributed by atoms with E-state index in [-0.39, 0.29) is 5.41 Å². The summed E-state index contributed by atoms with van der Waals surface area (Å²) in [4.78, 5) is 0. The molecule has 3 aliphatic heterocycles. The van der Waals surface area contributed by atoms with Gasteiger partial charge in [0.2, 0.25) is 5.12 Å². The minimum Gasteiger partial charge on any atom is -0.372 e. The normalized spacial score (nSPS) is 29.9. The molecule has 3 fully saturated rings. The zero-order valence-corrected chi connectivity index (χ0v) is 14.0. The molecule has 0 N–H and O–H groups in total. The molecule has 0 atom stereocenters. The van der Waals surface area contributed by atoms with E-state index < -0.39 is 5.12 Å². The Kier molecular flexibility index (Phi) is 4.79. The Bertz CT molecular complexity index is 546. The minimum absolute atomic E-state index is 0.215. The summed E-state index contributed by atoms with van der Waals surface area (Å²) in [6.45, 7) is 4.26. The number of fused-ring (bicyclic) bond motifs is 3. The maximum absolute atomic E-state index is 6.13. The van der Waals surface area contributed by atoms with Gasteiger partial charge in [-0.05, 0) is 18.6 Å². The van der Waals surface area contributed by atoms with Crippen molar-refractivity contribution in [2.24, 2.45) is 5.41 Å². The van der Waals surface area contributed by atoms with Crippen molar-refractivity contribution in [3.63, 3.8) is 0 Å². The first-order valence-electron chi connectivity index (χ1n) is 7.72. The molecule has 0 aromatic heterocycles. The lowest BCUT2D eigenvalue weighted by molar-refractivity contribution is -0.266. The smallest absolute Gasteiger partial charge is 0.245 e. The molecular weight excluding hydrogens is 296 g/mol. The third-order valence-corrected chi connectivity index (χ3v) is 5.78. The van der Waals surface area contributed by atoms with Crippen LogP contribution in [0.15, 0.2) is 24.3 Å². The van der Waals surface area contributed by atoms with Crippen LogP contribution in [0.2, 0.25) is 0 Å². The highest BCUT2D eigenvalue weighted by molar-refractivity contribution is 8.00. The monoisotopic (exact) mass is 318 g/mol. The highest BCUT2D eigenvalue weighted by atomic mass is 32.2. The Morgan fingerprint density at radius 2 is 1.95 bits per heavy atom. The van der Waals surface area contributed by atoms with E-state index in [0.29, 0.717) is 6.61 Å². The lowest BCUT2D eigenvalue weighted by Gasteiger charge is -2.52. The Morgan fingerprint density at radius 1 is 1.23 bits per heavy atom. The fraction of sp³-hybridized carbons (Fsp3) is 0.556. The van der Waals surface area contributed by atoms with E-state index in [1.807, 2.05) is 12.1 Å². The molecule has 0 unspecified atom stereocenters. The van der Waals surface area contributed by atoms with Crippen molar-refractivity contribution in [3.05, 3.63) is 35.4 Å². The molecule has 0 saturated carbocycles. The number of benzene rings is 1. The van der Waals surface area contributed by atoms with Crippen LogP contribution in [0.1, 0.15) is 30.9 Å². The molecule has 1 aromatic carbocycles. The van der Waals surface area contributed by atoms with E-state index in [4.69, 9.17) is 14.2 Å². The van der Waals surface area contributed by atoms with E-state index in [2.05, 4.69) is 30.9 Å². The van der Waals surface area contributed by atoms with E-state index in [0.717, 1.165) is 30.1 Å². The summed E-state index contributed by atoms with van der Waals surface area (Å²) in [6, 6.07) is 8.15. The molecule has 0 aliphatic carbocycles. The molecular formula is C18H22O3S. The molecule has 0 radical (unpaired) electrons. The van der Waals surface area contributed by atoms with E-state index in [1.165, 1.54) is 12.8 Å². The van der Waals surface area contributed by atoms with Gasteiger partial charge in [0.15, 0.2) is 0 Å². The second-order valence-corrected chi connectivity index (χ2v) is 7.10. The van der Waals surface area contributed by atoms with Crippen LogP contribution in [0, 0.1) is 17.3 Å². The Morgan fingerprint density at radius 3 is 2.50 bits per heavy atom. The predicted molar refractivity (Wildman–Crippen MR) is 88.6 cm³/mol. The molecule has 1 aromatic rings. The lowest BCUT2D eigenvalue weighted by Crippen LogP contribution is -2.53. The van der Waals surface area contributed by atoms with E-state index >= 15 is 0 Å². The van der Waals surface area contributed by atoms with Crippen LogP contribution in [-0.2, 0) is 19.3 Å². The maximum atomic E-state index is 6.13. The van der Waals surface area contributed by atoms with Gasteiger partial charge in [-0.25, -0.2) is 0 Å². The van der Waals surface area contributed by atoms with Crippen molar-refractivity contribution in [2.75, 3.05) is 32.7 Å². The number of ether oxygens (including phenoxy) is 3. The van der Waals surface area contributed by atoms with Crippen molar-refractivity contribution in [2.45, 2.75) is 24.9 Å². The van der Waals surface area contributed by atoms with Gasteiger partial charge >= 0.3 is 0 Å². The second kappa shape index (κ2) is 6.64. The van der Waals surface area contributed by atoms with Gasteiger partial charge in [-0.15, -0.1) is 0 Å². The summed E-state index contributed by atoms with van der Waals surface area (Å²) in [6.07, 6.45) is 2.35. The molecule has 3 aliphatic rings. The topological polar surface area (TPSA) is 27.7 Å². The first-order chi connectivity index (χ1) is 10.7. The van der Waals surface area contributed by atoms with Crippen molar-refractivity contribution in [1.29, 1.82) is 0 Å². The zero-order valence-electron chi connectivity index (χ0n) is 13.2. The number of methoxy groups -OCH3 is 1. The molecule has 3 saturated heterocycles. The molecule has 118 valence electrons. The summed E-state index contributed by atoms with van der Waals surface area (Å²) in [7, 11) is 1.65. The largest absolute Gasteiger partial charge is 0.372 e. The fourth-order valence-corrected chi connectivity index (χ4v) is 4.35. The molecule has 3 nitrogen and oxygen atoms in total. The third kappa shape index (κ3) is 3.04. The van der Waals surface area contributed by atoms with E-state index in [1.54, 1.807) is 18.9 Å². The molecule has 0 amide bonds. The first kappa shape index (κ1) is 15.9. The van der Waals surface area contributed by atoms with Gasteiger partial charge in [0.25, 0.3) is 0 Å². The summed E-state index contributed by atoms with van der Waals surface area (Å²) >= 11 is 1.78. The van der Waals surface area contributed by atoms with Crippen molar-refractivity contribution >= 4 is 11.8 Å². The second-order valence-electron chi connectivity index (χ2n) is 5.98. The Hall–Kier alpha value is -0.990. The number of rotatable bonds is 4. The predicted octanol–water partition coefficient (Wildman–Crippen LogP) is 3.37. The van der Waals surface area contributed by atoms with Gasteiger partial charge in [-0.3, -0.25) is 0 Å². The molecule has 3 heterocycles. The van der Waals surface area contributed by atoms with Gasteiger partial charge in [-0.2, -0.15) is 0 Å². The summed E-state index contributed by atoms with van der Waals surface area (Å²) < 4.78 is 17.2. The number of thioether (sulfide) groups is 1. The van der Waals surface area contributed by atoms with Crippen LogP contribution in [0.4, 0.5) is 0 Å². The minimum atomic E-state index is -0.617. The molecule has 0 spiro atoms. The highest BCUT2D eigenvalue weighted by Gasteiger charge is 2.52. The Labute approximate surface area is 136 Å². The quantitative estimate of drug-likeness (QED) is 0.796. The van der Waals surface area contributed by atoms with Gasteiger partial charge in [0, 0.05) is 29.4 Å². The number of hydrogen-bond donors (Lipinski definition) is 0. The van der Waals surface area contributed by atoms with Crippen LogP contribution < -0.4 is 0 Å². The van der Waals surface area contributed by atoms with Gasteiger partial charge in [0.05, 0.1) is 13.2 Å². The molecule has 2 bridgehead atoms. The average molecular weight is 318 g/mol. The fourth-order valence-electron chi connectivity index (χ4n) is 2.96. The maximum Gasteiger partial charge on any atom is 0.245 e. The standard InChI is InChI=1S/C18H22O3S/c1-3-10-17-12-20-18(21-13-17,22-14-17)16-8-6-15(7-9-16)5-4-11-19-2/h6-9H,3,10-14H2,1-2H3. The zero-order chi connectivity index (χ0) is 15.5. The summed E-state index contributed by atoms with van der Waals surface area (Å²) in [5.41, 5.74) is 2.26. The molecule has 4 heteroatoms. The summed E-state index contributed by atoms with van der Waals surface area (Å²) in [5.74, 6) is 7.14. The van der Waals surface area contributed by atoms with Gasteiger partial charge in [0.1, 0.15) is 6.61 Å². The van der Waals surface area contributed by atoms with Crippen molar-refractivity contribution in [3.8, 4) is 11.8 Å². The average Bonchev–Trinajstić information content (AvgIpc) is 2.57. The first-order valence-corrected chi connectivity index (χ1v) is 8.71. The van der Waals surface area contributed by atoms with Crippen LogP contribution in [0.3, 0.4) is 0 Å². The lowest BCUT2D eigenvalue weighted by atomic mass is 9.86. The number of hydrogen-bond acceptors (Lipinski definition) is 4. The third-order valence-electron chi connectivity index (χ3n) is 4.17. The molecule has 4 rings (SSSR count). The van der Waals surface area contributed by atoms with Crippen LogP contribution in [0.25, 0.3) is 0 Å². The van der Waals surface area contributed by atoms with Crippen LogP contribution in [0.5, 0.6) is 0 Å². The Balaban J connectivity index is 1.72. The van der Waals surface area contributed by atoms with Gasteiger partial charge in [-0.1, -0.05) is 49.1 Å². The van der Waals surface area contributed by atoms with Gasteiger partial charge < -0.3 is 14.2 Å². The van der Waals surface area contributed by atoms with Crippen LogP contribution >= 0.6 is 11.8 Å². The van der Waals surface area contributed by atoms with Crippen LogP contribution in [-0.4, -0.2) is 32.7 Å². The van der Waals surface area contributed by atoms with Crippen molar-refractivity contribution < 1.29 is 14.2 Å². The van der Waals surface area contributed by atoms with E-state index in [9.17, 15) is 0 Å². The SMILES string of the molecule is CCCC12COC(c3ccc(C#CCOC)cc3)(OC1)SC2. The van der Waals surface area contributed by atoms with Crippen molar-refractivity contribution in [1.82, 2.24) is 0 Å². The molecule has 22 heavy (non-hydrogen) atoms. The summed E-state index contributed by atoms with van der Waals surface area (Å²) in [5, 5.41) is -0.617. The highest BCUT2D eigenvalue weighted by Crippen LogP contribution is 2.53.